The molecule has 2 aromatic heterocycles. The van der Waals surface area contributed by atoms with Crippen LogP contribution in [0.5, 0.6) is 0 Å². The molecule has 0 bridgehead atoms. The third kappa shape index (κ3) is 1.54. The minimum atomic E-state index is 0.405. The maximum atomic E-state index is 4.63. The van der Waals surface area contributed by atoms with Crippen LogP contribution in [0.1, 0.15) is 15.8 Å². The van der Waals surface area contributed by atoms with Gasteiger partial charge in [-0.15, -0.1) is 0 Å². The topological polar surface area (TPSA) is 16.8 Å². The minimum absolute atomic E-state index is 0.405. The molecule has 2 heterocycles. The van der Waals surface area contributed by atoms with Crippen LogP contribution in [0.2, 0.25) is 0 Å². The molecule has 0 unspecified atom stereocenters. The van der Waals surface area contributed by atoms with E-state index in [1.54, 1.807) is 0 Å². The molecule has 0 fully saturated rings. The van der Waals surface area contributed by atoms with Gasteiger partial charge in [0.05, 0.1) is 0 Å². The normalized spacial score (nSPS) is 11.5. The fourth-order valence-electron chi connectivity index (χ4n) is 2.43. The molecule has 0 saturated carbocycles. The van der Waals surface area contributed by atoms with Crippen LogP contribution in [-0.2, 0) is 7.05 Å². The van der Waals surface area contributed by atoms with Gasteiger partial charge < -0.3 is 0 Å². The molecule has 0 aliphatic carbocycles. The first-order valence-electron chi connectivity index (χ1n) is 5.74. The summed E-state index contributed by atoms with van der Waals surface area (Å²) in [5.74, 6) is 0. The van der Waals surface area contributed by atoms with Gasteiger partial charge in [-0.05, 0) is 0 Å². The Bertz CT molecular complexity index is 741. The Labute approximate surface area is 107 Å². The molecule has 17 heavy (non-hydrogen) atoms. The van der Waals surface area contributed by atoms with Gasteiger partial charge in [-0.1, -0.05) is 0 Å². The molecule has 0 spiro atoms. The van der Waals surface area contributed by atoms with Crippen molar-refractivity contribution in [3.8, 4) is 0 Å². The molecule has 0 atom stereocenters. The van der Waals surface area contributed by atoms with Crippen LogP contribution in [0.25, 0.3) is 20.7 Å². The van der Waals surface area contributed by atoms with Crippen molar-refractivity contribution in [2.75, 3.05) is 0 Å². The summed E-state index contributed by atoms with van der Waals surface area (Å²) in [7, 11) is 2.14. The van der Waals surface area contributed by atoms with Crippen molar-refractivity contribution in [2.45, 2.75) is 20.8 Å². The summed E-state index contributed by atoms with van der Waals surface area (Å²) in [6, 6.07) is 6.63. The molecule has 86 valence electrons. The number of pyridine rings is 1. The summed E-state index contributed by atoms with van der Waals surface area (Å²) >= 11 is 0.405. The molecule has 0 saturated heterocycles. The number of benzene rings is 1. The van der Waals surface area contributed by atoms with Gasteiger partial charge in [0.25, 0.3) is 0 Å². The predicted molar refractivity (Wildman–Crippen MR) is 71.6 cm³/mol. The summed E-state index contributed by atoms with van der Waals surface area (Å²) < 4.78 is 5.01. The van der Waals surface area contributed by atoms with Crippen molar-refractivity contribution in [3.05, 3.63) is 34.0 Å². The van der Waals surface area contributed by atoms with E-state index in [0.717, 1.165) is 0 Å². The molecule has 2 nitrogen and oxygen atoms in total. The van der Waals surface area contributed by atoms with Crippen molar-refractivity contribution in [1.82, 2.24) is 4.98 Å². The Morgan fingerprint density at radius 1 is 1.18 bits per heavy atom. The summed E-state index contributed by atoms with van der Waals surface area (Å²) in [4.78, 5) is 4.63. The van der Waals surface area contributed by atoms with Crippen molar-refractivity contribution >= 4 is 35.2 Å². The van der Waals surface area contributed by atoms with Crippen LogP contribution >= 0.6 is 0 Å². The Balaban J connectivity index is 2.62. The number of hydrogen-bond acceptors (Lipinski definition) is 1. The Hall–Kier alpha value is -1.18. The van der Waals surface area contributed by atoms with E-state index >= 15 is 0 Å². The molecule has 0 N–H and O–H groups in total. The van der Waals surface area contributed by atoms with E-state index in [4.69, 9.17) is 0 Å². The second kappa shape index (κ2) is 3.66. The zero-order valence-electron chi connectivity index (χ0n) is 10.5. The van der Waals surface area contributed by atoms with Gasteiger partial charge in [-0.25, -0.2) is 0 Å². The second-order valence-corrected chi connectivity index (χ2v) is 7.09. The van der Waals surface area contributed by atoms with Crippen LogP contribution in [0, 0.1) is 20.8 Å². The average molecular weight is 290 g/mol. The molecular weight excluding hydrogens is 275 g/mol. The maximum absolute atomic E-state index is 4.63. The molecule has 3 aromatic rings. The van der Waals surface area contributed by atoms with E-state index in [9.17, 15) is 0 Å². The van der Waals surface area contributed by atoms with Crippen LogP contribution in [0.4, 0.5) is 0 Å². The molecule has 0 aliphatic rings. The standard InChI is InChI=1S/C14H15N2Se/c1-8-7-9(2)16(4)12-6-5-11-14(13(8)12)17-10(3)15-11/h5-7H,1-4H3/q+1. The summed E-state index contributed by atoms with van der Waals surface area (Å²) in [6.45, 7) is 6.50. The Kier molecular flexibility index (Phi) is 2.35. The van der Waals surface area contributed by atoms with Gasteiger partial charge >= 0.3 is 107 Å². The molecular formula is C14H15N2Se+. The van der Waals surface area contributed by atoms with Gasteiger partial charge in [0.2, 0.25) is 0 Å². The Morgan fingerprint density at radius 3 is 2.71 bits per heavy atom. The second-order valence-electron chi connectivity index (χ2n) is 4.57. The van der Waals surface area contributed by atoms with Crippen LogP contribution in [0.15, 0.2) is 18.2 Å². The molecule has 3 rings (SSSR count). The number of nitrogens with zero attached hydrogens (tertiary/aromatic N) is 2. The zero-order valence-corrected chi connectivity index (χ0v) is 12.2. The first kappa shape index (κ1) is 10.9. The van der Waals surface area contributed by atoms with Gasteiger partial charge in [-0.3, -0.25) is 0 Å². The van der Waals surface area contributed by atoms with Crippen LogP contribution in [0.3, 0.4) is 0 Å². The average Bonchev–Trinajstić information content (AvgIpc) is 2.65. The quantitative estimate of drug-likeness (QED) is 0.458. The van der Waals surface area contributed by atoms with E-state index in [0.29, 0.717) is 14.5 Å². The van der Waals surface area contributed by atoms with Gasteiger partial charge in [-0.2, -0.15) is 0 Å². The number of hydrogen-bond donors (Lipinski definition) is 0. The number of aryl methyl sites for hydroxylation is 4. The van der Waals surface area contributed by atoms with Gasteiger partial charge in [0.15, 0.2) is 0 Å². The van der Waals surface area contributed by atoms with Gasteiger partial charge in [0.1, 0.15) is 0 Å². The van der Waals surface area contributed by atoms with Gasteiger partial charge in [0, 0.05) is 0 Å². The van der Waals surface area contributed by atoms with E-state index in [1.165, 1.54) is 36.5 Å². The van der Waals surface area contributed by atoms with E-state index in [2.05, 4.69) is 55.6 Å². The zero-order chi connectivity index (χ0) is 12.2. The summed E-state index contributed by atoms with van der Waals surface area (Å²) in [5.41, 5.74) is 5.19. The molecule has 0 aliphatic heterocycles. The predicted octanol–water partition coefficient (Wildman–Crippen LogP) is 2.19. The third-order valence-electron chi connectivity index (χ3n) is 3.35. The molecule has 3 heteroatoms. The van der Waals surface area contributed by atoms with Crippen LogP contribution < -0.4 is 4.57 Å². The first-order valence-corrected chi connectivity index (χ1v) is 7.45. The Morgan fingerprint density at radius 2 is 1.94 bits per heavy atom. The molecule has 0 radical (unpaired) electrons. The fourth-order valence-corrected chi connectivity index (χ4v) is 4.58. The van der Waals surface area contributed by atoms with Crippen molar-refractivity contribution in [3.63, 3.8) is 0 Å². The van der Waals surface area contributed by atoms with Crippen LogP contribution in [-0.4, -0.2) is 19.5 Å². The van der Waals surface area contributed by atoms with E-state index < -0.39 is 0 Å². The van der Waals surface area contributed by atoms with E-state index in [1.807, 2.05) is 0 Å². The fraction of sp³-hybridized carbons (Fsp3) is 0.286. The van der Waals surface area contributed by atoms with Crippen molar-refractivity contribution in [1.29, 1.82) is 0 Å². The number of fused-ring (bicyclic) bond motifs is 3. The monoisotopic (exact) mass is 291 g/mol. The molecule has 0 amide bonds. The summed E-state index contributed by atoms with van der Waals surface area (Å²) in [6.07, 6.45) is 0. The summed E-state index contributed by atoms with van der Waals surface area (Å²) in [5, 5.41) is 1.41. The van der Waals surface area contributed by atoms with Crippen molar-refractivity contribution < 1.29 is 4.57 Å². The first-order chi connectivity index (χ1) is 8.08. The van der Waals surface area contributed by atoms with E-state index in [-0.39, 0.29) is 0 Å². The molecule has 1 aromatic carbocycles. The SMILES string of the molecule is Cc1nc2ccc3c(c(C)cc(C)[n+]3C)c2[se]1. The van der Waals surface area contributed by atoms with Crippen molar-refractivity contribution in [2.24, 2.45) is 7.05 Å². The number of aromatic nitrogens is 2. The number of rotatable bonds is 0. The third-order valence-corrected chi connectivity index (χ3v) is 5.46.